The van der Waals surface area contributed by atoms with Crippen molar-refractivity contribution in [2.24, 2.45) is 50.2 Å². The van der Waals surface area contributed by atoms with Gasteiger partial charge in [0.2, 0.25) is 0 Å². The average Bonchev–Trinajstić information content (AvgIpc) is 2.71. The maximum absolute atomic E-state index is 12.8. The van der Waals surface area contributed by atoms with Gasteiger partial charge >= 0.3 is 5.97 Å². The van der Waals surface area contributed by atoms with Crippen molar-refractivity contribution < 1.29 is 15.0 Å². The summed E-state index contributed by atoms with van der Waals surface area (Å²) in [6, 6.07) is 0. The van der Waals surface area contributed by atoms with E-state index >= 15 is 0 Å². The van der Waals surface area contributed by atoms with Crippen molar-refractivity contribution in [1.82, 2.24) is 0 Å². The first kappa shape index (κ1) is 23.9. The van der Waals surface area contributed by atoms with E-state index in [2.05, 4.69) is 54.5 Å². The summed E-state index contributed by atoms with van der Waals surface area (Å²) >= 11 is 0. The number of carboxylic acids is 1. The zero-order valence-electron chi connectivity index (χ0n) is 22.3. The molecule has 4 saturated carbocycles. The van der Waals surface area contributed by atoms with Crippen molar-refractivity contribution >= 4 is 5.97 Å². The third-order valence-electron chi connectivity index (χ3n) is 13.0. The molecule has 3 nitrogen and oxygen atoms in total. The number of aliphatic carboxylic acids is 1. The van der Waals surface area contributed by atoms with Crippen molar-refractivity contribution in [2.45, 2.75) is 119 Å². The molecule has 5 aliphatic rings. The quantitative estimate of drug-likeness (QED) is 0.409. The lowest BCUT2D eigenvalue weighted by molar-refractivity contribution is -0.205. The van der Waals surface area contributed by atoms with Gasteiger partial charge in [0.25, 0.3) is 0 Å². The molecule has 0 amide bonds. The highest BCUT2D eigenvalue weighted by atomic mass is 16.4. The van der Waals surface area contributed by atoms with E-state index in [1.54, 1.807) is 0 Å². The second-order valence-corrected chi connectivity index (χ2v) is 15.1. The Hall–Kier alpha value is -0.830. The fourth-order valence-corrected chi connectivity index (χ4v) is 10.6. The molecule has 0 heterocycles. The van der Waals surface area contributed by atoms with E-state index in [9.17, 15) is 15.0 Å². The molecule has 186 valence electrons. The van der Waals surface area contributed by atoms with Gasteiger partial charge in [-0.1, -0.05) is 60.1 Å². The Bertz CT molecular complexity index is 885. The molecule has 4 fully saturated rings. The lowest BCUT2D eigenvalue weighted by Crippen LogP contribution is -2.65. The van der Waals surface area contributed by atoms with Crippen LogP contribution in [0.15, 0.2) is 11.6 Å². The van der Waals surface area contributed by atoms with Crippen LogP contribution in [0.5, 0.6) is 0 Å². The molecule has 0 saturated heterocycles. The lowest BCUT2D eigenvalue weighted by Gasteiger charge is -2.71. The van der Waals surface area contributed by atoms with Crippen LogP contribution in [0.1, 0.15) is 113 Å². The van der Waals surface area contributed by atoms with Crippen LogP contribution in [-0.4, -0.2) is 22.3 Å². The van der Waals surface area contributed by atoms with Gasteiger partial charge in [-0.3, -0.25) is 4.79 Å². The summed E-state index contributed by atoms with van der Waals surface area (Å²) in [6.45, 7) is 16.9. The van der Waals surface area contributed by atoms with E-state index in [0.29, 0.717) is 11.8 Å². The zero-order chi connectivity index (χ0) is 24.2. The molecular weight excluding hydrogens is 408 g/mol. The van der Waals surface area contributed by atoms with Crippen LogP contribution in [0, 0.1) is 50.2 Å². The smallest absolute Gasteiger partial charge is 0.310 e. The van der Waals surface area contributed by atoms with Gasteiger partial charge < -0.3 is 10.2 Å². The molecule has 8 atom stereocenters. The highest BCUT2D eigenvalue weighted by Crippen LogP contribution is 2.75. The van der Waals surface area contributed by atoms with Crippen LogP contribution in [0.25, 0.3) is 0 Å². The minimum Gasteiger partial charge on any atom is -0.481 e. The van der Waals surface area contributed by atoms with E-state index in [-0.39, 0.29) is 39.1 Å². The SMILES string of the molecule is CC1(C)CC[C@]2(C(=O)O)CC[C@]3(C)C(=CC[C@H]4[C@@]5(C)CC[C@H](O)C(C)(C)[C@@H]5CC[C@]43C)[C@@H]2C1. The molecule has 0 radical (unpaired) electrons. The van der Waals surface area contributed by atoms with Crippen molar-refractivity contribution in [3.63, 3.8) is 0 Å². The number of hydrogen-bond acceptors (Lipinski definition) is 2. The van der Waals surface area contributed by atoms with E-state index in [1.165, 1.54) is 18.4 Å². The van der Waals surface area contributed by atoms with E-state index in [0.717, 1.165) is 51.4 Å². The predicted molar refractivity (Wildman–Crippen MR) is 133 cm³/mol. The van der Waals surface area contributed by atoms with Crippen LogP contribution in [-0.2, 0) is 4.79 Å². The number of hydrogen-bond donors (Lipinski definition) is 2. The summed E-state index contributed by atoms with van der Waals surface area (Å²) in [7, 11) is 0. The highest BCUT2D eigenvalue weighted by Gasteiger charge is 2.69. The summed E-state index contributed by atoms with van der Waals surface area (Å²) < 4.78 is 0. The molecule has 0 aromatic carbocycles. The van der Waals surface area contributed by atoms with E-state index in [4.69, 9.17) is 0 Å². The molecule has 2 N–H and O–H groups in total. The molecule has 0 bridgehead atoms. The second kappa shape index (κ2) is 6.89. The lowest BCUT2D eigenvalue weighted by atomic mass is 9.33. The molecule has 5 aliphatic carbocycles. The maximum atomic E-state index is 12.8. The summed E-state index contributed by atoms with van der Waals surface area (Å²) in [5, 5.41) is 21.4. The van der Waals surface area contributed by atoms with Gasteiger partial charge in [-0.2, -0.15) is 0 Å². The summed E-state index contributed by atoms with van der Waals surface area (Å²) in [6.07, 6.45) is 12.6. The number of fused-ring (bicyclic) bond motifs is 7. The van der Waals surface area contributed by atoms with Crippen molar-refractivity contribution in [3.8, 4) is 0 Å². The standard InChI is InChI=1S/C30H48O3/c1-25(2)14-16-30(24(32)33)17-15-28(6)19(20(30)18-25)8-9-22-27(5)12-11-23(31)26(3,4)21(27)10-13-29(22,28)7/h8,20-23,31H,9-18H2,1-7H3,(H,32,33)/t20-,21-,22-,23-,27-,28+,29+,30-/m0/s1. The van der Waals surface area contributed by atoms with Crippen LogP contribution in [0.2, 0.25) is 0 Å². The topological polar surface area (TPSA) is 57.5 Å². The molecule has 0 aromatic heterocycles. The normalized spacial score (nSPS) is 52.4. The van der Waals surface area contributed by atoms with Gasteiger partial charge in [0.15, 0.2) is 0 Å². The summed E-state index contributed by atoms with van der Waals surface area (Å²) in [4.78, 5) is 12.8. The Morgan fingerprint density at radius 3 is 2.21 bits per heavy atom. The van der Waals surface area contributed by atoms with Crippen molar-refractivity contribution in [3.05, 3.63) is 11.6 Å². The van der Waals surface area contributed by atoms with Gasteiger partial charge in [0.1, 0.15) is 0 Å². The Labute approximate surface area is 201 Å². The number of rotatable bonds is 1. The first-order valence-corrected chi connectivity index (χ1v) is 13.8. The van der Waals surface area contributed by atoms with Gasteiger partial charge in [-0.15, -0.1) is 0 Å². The number of carboxylic acid groups (broad SMARTS) is 1. The first-order chi connectivity index (χ1) is 15.1. The average molecular weight is 457 g/mol. The van der Waals surface area contributed by atoms with Gasteiger partial charge in [-0.05, 0) is 109 Å². The summed E-state index contributed by atoms with van der Waals surface area (Å²) in [5.74, 6) is 0.807. The molecule has 0 unspecified atom stereocenters. The fraction of sp³-hybridized carbons (Fsp3) is 0.900. The number of carbonyl (C=O) groups is 1. The Kier molecular flexibility index (Phi) is 4.99. The van der Waals surface area contributed by atoms with Crippen molar-refractivity contribution in [1.29, 1.82) is 0 Å². The second-order valence-electron chi connectivity index (χ2n) is 15.1. The summed E-state index contributed by atoms with van der Waals surface area (Å²) in [5.41, 5.74) is 1.68. The van der Waals surface area contributed by atoms with E-state index in [1.807, 2.05) is 0 Å². The third kappa shape index (κ3) is 2.87. The molecule has 0 aliphatic heterocycles. The first-order valence-electron chi connectivity index (χ1n) is 13.8. The van der Waals surface area contributed by atoms with Crippen LogP contribution in [0.3, 0.4) is 0 Å². The molecule has 0 spiro atoms. The van der Waals surface area contributed by atoms with Gasteiger partial charge in [0, 0.05) is 0 Å². The number of aliphatic hydroxyl groups excluding tert-OH is 1. The number of aliphatic hydroxyl groups is 1. The molecular formula is C30H48O3. The van der Waals surface area contributed by atoms with Crippen LogP contribution >= 0.6 is 0 Å². The minimum absolute atomic E-state index is 0.0301. The Morgan fingerprint density at radius 1 is 0.879 bits per heavy atom. The third-order valence-corrected chi connectivity index (χ3v) is 13.0. The monoisotopic (exact) mass is 456 g/mol. The van der Waals surface area contributed by atoms with Crippen LogP contribution in [0.4, 0.5) is 0 Å². The largest absolute Gasteiger partial charge is 0.481 e. The fourth-order valence-electron chi connectivity index (χ4n) is 10.6. The maximum Gasteiger partial charge on any atom is 0.310 e. The zero-order valence-corrected chi connectivity index (χ0v) is 22.3. The van der Waals surface area contributed by atoms with Crippen molar-refractivity contribution in [2.75, 3.05) is 0 Å². The predicted octanol–water partition coefficient (Wildman–Crippen LogP) is 7.23. The highest BCUT2D eigenvalue weighted by molar-refractivity contribution is 5.76. The van der Waals surface area contributed by atoms with Crippen LogP contribution < -0.4 is 0 Å². The Balaban J connectivity index is 1.60. The number of allylic oxidation sites excluding steroid dienone is 2. The molecule has 3 heteroatoms. The van der Waals surface area contributed by atoms with E-state index < -0.39 is 11.4 Å². The molecule has 5 rings (SSSR count). The van der Waals surface area contributed by atoms with Gasteiger partial charge in [-0.25, -0.2) is 0 Å². The molecule has 0 aromatic rings. The van der Waals surface area contributed by atoms with Gasteiger partial charge in [0.05, 0.1) is 11.5 Å². The Morgan fingerprint density at radius 2 is 1.55 bits per heavy atom. The molecule has 33 heavy (non-hydrogen) atoms. The minimum atomic E-state index is -0.553.